The van der Waals surface area contributed by atoms with Crippen molar-refractivity contribution in [2.45, 2.75) is 6.54 Å². The predicted molar refractivity (Wildman–Crippen MR) is 75.8 cm³/mol. The number of benzene rings is 1. The second-order valence-electron chi connectivity index (χ2n) is 4.16. The summed E-state index contributed by atoms with van der Waals surface area (Å²) in [5.41, 5.74) is 5.86. The predicted octanol–water partition coefficient (Wildman–Crippen LogP) is 1.31. The van der Waals surface area contributed by atoms with E-state index in [0.717, 1.165) is 16.5 Å². The molecule has 2 heterocycles. The molecule has 3 aromatic rings. The summed E-state index contributed by atoms with van der Waals surface area (Å²) in [5, 5.41) is 2.99. The first-order chi connectivity index (χ1) is 10.1. The highest BCUT2D eigenvalue weighted by Gasteiger charge is 2.14. The summed E-state index contributed by atoms with van der Waals surface area (Å²) in [7, 11) is 0. The van der Waals surface area contributed by atoms with Gasteiger partial charge in [-0.3, -0.25) is 9.59 Å². The van der Waals surface area contributed by atoms with Crippen LogP contribution < -0.4 is 11.1 Å². The van der Waals surface area contributed by atoms with Gasteiger partial charge in [-0.1, -0.05) is 12.1 Å². The number of aromatic nitrogens is 2. The van der Waals surface area contributed by atoms with E-state index in [1.807, 2.05) is 24.3 Å². The van der Waals surface area contributed by atoms with E-state index in [9.17, 15) is 9.59 Å². The van der Waals surface area contributed by atoms with E-state index < -0.39 is 5.91 Å². The number of fused-ring (bicyclic) bond motifs is 1. The van der Waals surface area contributed by atoms with Gasteiger partial charge in [0.05, 0.1) is 16.8 Å². The first-order valence-corrected chi connectivity index (χ1v) is 6.83. The number of carbonyl (C=O) groups excluding carboxylic acids is 2. The SMILES string of the molecule is NC(=O)c1coc(CNC(=O)c2nc3ccccc3s2)n1. The van der Waals surface area contributed by atoms with E-state index in [0.29, 0.717) is 5.01 Å². The number of nitrogens with two attached hydrogens (primary N) is 1. The fourth-order valence-corrected chi connectivity index (χ4v) is 2.59. The van der Waals surface area contributed by atoms with Crippen LogP contribution >= 0.6 is 11.3 Å². The highest BCUT2D eigenvalue weighted by Crippen LogP contribution is 2.21. The number of nitrogens with zero attached hydrogens (tertiary/aromatic N) is 2. The Kier molecular flexibility index (Phi) is 3.36. The van der Waals surface area contributed by atoms with Crippen LogP contribution in [0.5, 0.6) is 0 Å². The second kappa shape index (κ2) is 5.33. The second-order valence-corrected chi connectivity index (χ2v) is 5.19. The minimum Gasteiger partial charge on any atom is -0.446 e. The monoisotopic (exact) mass is 302 g/mol. The number of oxazole rings is 1. The van der Waals surface area contributed by atoms with Crippen molar-refractivity contribution >= 4 is 33.4 Å². The third-order valence-corrected chi connectivity index (χ3v) is 3.73. The molecule has 0 radical (unpaired) electrons. The van der Waals surface area contributed by atoms with Crippen LogP contribution in [0.25, 0.3) is 10.2 Å². The lowest BCUT2D eigenvalue weighted by atomic mass is 10.3. The van der Waals surface area contributed by atoms with Crippen molar-refractivity contribution in [3.8, 4) is 0 Å². The molecule has 0 atom stereocenters. The average molecular weight is 302 g/mol. The summed E-state index contributed by atoms with van der Waals surface area (Å²) in [6, 6.07) is 7.50. The Morgan fingerprint density at radius 3 is 2.81 bits per heavy atom. The molecule has 3 N–H and O–H groups in total. The number of nitrogens with one attached hydrogen (secondary N) is 1. The number of carbonyl (C=O) groups is 2. The maximum atomic E-state index is 12.0. The van der Waals surface area contributed by atoms with Gasteiger partial charge in [0.25, 0.3) is 11.8 Å². The van der Waals surface area contributed by atoms with Crippen LogP contribution in [0.4, 0.5) is 0 Å². The molecule has 0 saturated heterocycles. The van der Waals surface area contributed by atoms with E-state index in [4.69, 9.17) is 10.2 Å². The zero-order chi connectivity index (χ0) is 14.8. The molecule has 21 heavy (non-hydrogen) atoms. The molecule has 0 spiro atoms. The Hall–Kier alpha value is -2.74. The molecule has 0 fully saturated rings. The number of thiazole rings is 1. The lowest BCUT2D eigenvalue weighted by Crippen LogP contribution is -2.23. The number of hydrogen-bond acceptors (Lipinski definition) is 6. The molecule has 106 valence electrons. The van der Waals surface area contributed by atoms with Gasteiger partial charge >= 0.3 is 0 Å². The quantitative estimate of drug-likeness (QED) is 0.755. The van der Waals surface area contributed by atoms with Crippen LogP contribution in [0.1, 0.15) is 26.2 Å². The zero-order valence-corrected chi connectivity index (χ0v) is 11.5. The smallest absolute Gasteiger partial charge is 0.280 e. The van der Waals surface area contributed by atoms with Crippen molar-refractivity contribution in [2.24, 2.45) is 5.73 Å². The summed E-state index contributed by atoms with van der Waals surface area (Å²) < 4.78 is 5.97. The summed E-state index contributed by atoms with van der Waals surface area (Å²) in [6.45, 7) is 0.0576. The summed E-state index contributed by atoms with van der Waals surface area (Å²) >= 11 is 1.30. The molecule has 0 aliphatic rings. The van der Waals surface area contributed by atoms with E-state index in [2.05, 4.69) is 15.3 Å². The highest BCUT2D eigenvalue weighted by atomic mass is 32.1. The Balaban J connectivity index is 1.69. The Morgan fingerprint density at radius 1 is 1.29 bits per heavy atom. The zero-order valence-electron chi connectivity index (χ0n) is 10.7. The van der Waals surface area contributed by atoms with Crippen LogP contribution in [-0.4, -0.2) is 21.8 Å². The fourth-order valence-electron chi connectivity index (χ4n) is 1.71. The first kappa shape index (κ1) is 13.3. The van der Waals surface area contributed by atoms with Crippen LogP contribution in [-0.2, 0) is 6.54 Å². The van der Waals surface area contributed by atoms with Crippen LogP contribution in [0.2, 0.25) is 0 Å². The van der Waals surface area contributed by atoms with Crippen molar-refractivity contribution in [1.29, 1.82) is 0 Å². The Morgan fingerprint density at radius 2 is 2.10 bits per heavy atom. The van der Waals surface area contributed by atoms with E-state index in [-0.39, 0.29) is 24.0 Å². The largest absolute Gasteiger partial charge is 0.446 e. The molecule has 2 amide bonds. The molecular weight excluding hydrogens is 292 g/mol. The molecule has 1 aromatic carbocycles. The van der Waals surface area contributed by atoms with E-state index in [1.165, 1.54) is 11.3 Å². The standard InChI is InChI=1S/C13H10N4O3S/c14-11(18)8-6-20-10(16-8)5-15-12(19)13-17-7-3-1-2-4-9(7)21-13/h1-4,6H,5H2,(H2,14,18)(H,15,19). The summed E-state index contributed by atoms with van der Waals surface area (Å²) in [5.74, 6) is -0.796. The molecule has 0 saturated carbocycles. The molecule has 7 nitrogen and oxygen atoms in total. The average Bonchev–Trinajstić information content (AvgIpc) is 3.11. The summed E-state index contributed by atoms with van der Waals surface area (Å²) in [6.07, 6.45) is 1.15. The lowest BCUT2D eigenvalue weighted by Gasteiger charge is -1.98. The van der Waals surface area contributed by atoms with E-state index in [1.54, 1.807) is 0 Å². The van der Waals surface area contributed by atoms with Gasteiger partial charge in [0, 0.05) is 0 Å². The molecule has 0 bridgehead atoms. The first-order valence-electron chi connectivity index (χ1n) is 6.01. The van der Waals surface area contributed by atoms with Crippen molar-refractivity contribution in [1.82, 2.24) is 15.3 Å². The van der Waals surface area contributed by atoms with Crippen molar-refractivity contribution < 1.29 is 14.0 Å². The molecule has 0 aliphatic heterocycles. The van der Waals surface area contributed by atoms with Crippen molar-refractivity contribution in [3.63, 3.8) is 0 Å². The normalized spacial score (nSPS) is 10.7. The Labute approximate surface area is 122 Å². The van der Waals surface area contributed by atoms with Crippen LogP contribution in [0.3, 0.4) is 0 Å². The highest BCUT2D eigenvalue weighted by molar-refractivity contribution is 7.20. The van der Waals surface area contributed by atoms with Gasteiger partial charge in [-0.05, 0) is 12.1 Å². The molecule has 0 aliphatic carbocycles. The molecule has 3 rings (SSSR count). The van der Waals surface area contributed by atoms with Gasteiger partial charge in [0.2, 0.25) is 5.89 Å². The van der Waals surface area contributed by atoms with Gasteiger partial charge in [0.1, 0.15) is 6.26 Å². The minimum atomic E-state index is -0.678. The number of amides is 2. The minimum absolute atomic E-state index is 0.0271. The lowest BCUT2D eigenvalue weighted by molar-refractivity contribution is 0.0946. The Bertz CT molecular complexity index is 791. The van der Waals surface area contributed by atoms with Crippen molar-refractivity contribution in [3.05, 3.63) is 47.1 Å². The maximum absolute atomic E-state index is 12.0. The van der Waals surface area contributed by atoms with Gasteiger partial charge in [-0.15, -0.1) is 11.3 Å². The number of para-hydroxylation sites is 1. The topological polar surface area (TPSA) is 111 Å². The van der Waals surface area contributed by atoms with Gasteiger partial charge in [0.15, 0.2) is 10.7 Å². The van der Waals surface area contributed by atoms with Gasteiger partial charge in [-0.25, -0.2) is 9.97 Å². The molecular formula is C13H10N4O3S. The fraction of sp³-hybridized carbons (Fsp3) is 0.0769. The number of hydrogen-bond donors (Lipinski definition) is 2. The third kappa shape index (κ3) is 2.75. The summed E-state index contributed by atoms with van der Waals surface area (Å²) in [4.78, 5) is 31.0. The van der Waals surface area contributed by atoms with Gasteiger partial charge < -0.3 is 15.5 Å². The van der Waals surface area contributed by atoms with Crippen LogP contribution in [0.15, 0.2) is 34.9 Å². The third-order valence-electron chi connectivity index (χ3n) is 2.69. The van der Waals surface area contributed by atoms with Crippen LogP contribution in [0, 0.1) is 0 Å². The molecule has 8 heteroatoms. The molecule has 2 aromatic heterocycles. The van der Waals surface area contributed by atoms with Gasteiger partial charge in [-0.2, -0.15) is 0 Å². The number of primary amides is 1. The molecule has 0 unspecified atom stereocenters. The number of rotatable bonds is 4. The van der Waals surface area contributed by atoms with E-state index >= 15 is 0 Å². The van der Waals surface area contributed by atoms with Crippen molar-refractivity contribution in [2.75, 3.05) is 0 Å². The maximum Gasteiger partial charge on any atom is 0.280 e.